The van der Waals surface area contributed by atoms with Gasteiger partial charge in [0.25, 0.3) is 0 Å². The molecule has 0 radical (unpaired) electrons. The highest BCUT2D eigenvalue weighted by Gasteiger charge is 1.97. The second-order valence-corrected chi connectivity index (χ2v) is 3.77. The van der Waals surface area contributed by atoms with Crippen LogP contribution in [0.25, 0.3) is 0 Å². The third-order valence-corrected chi connectivity index (χ3v) is 2.37. The lowest BCUT2D eigenvalue weighted by molar-refractivity contribution is 0.723. The van der Waals surface area contributed by atoms with Gasteiger partial charge in [0.2, 0.25) is 0 Å². The van der Waals surface area contributed by atoms with Crippen molar-refractivity contribution in [2.75, 3.05) is 6.54 Å². The monoisotopic (exact) mass is 227 g/mol. The van der Waals surface area contributed by atoms with Crippen LogP contribution < -0.4 is 5.32 Å². The van der Waals surface area contributed by atoms with Gasteiger partial charge < -0.3 is 5.32 Å². The molecule has 1 aromatic carbocycles. The topological polar surface area (TPSA) is 12.0 Å². The van der Waals surface area contributed by atoms with Crippen molar-refractivity contribution in [3.05, 3.63) is 33.8 Å². The molecule has 12 heavy (non-hydrogen) atoms. The third-order valence-electron chi connectivity index (χ3n) is 1.88. The van der Waals surface area contributed by atoms with Crippen LogP contribution >= 0.6 is 15.9 Å². The molecule has 0 aromatic heterocycles. The molecule has 1 aromatic rings. The molecule has 0 spiro atoms. The molecule has 0 heterocycles. The van der Waals surface area contributed by atoms with Gasteiger partial charge in [-0.1, -0.05) is 28.9 Å². The van der Waals surface area contributed by atoms with Crippen molar-refractivity contribution < 1.29 is 0 Å². The molecule has 0 saturated heterocycles. The molecule has 1 rings (SSSR count). The molecule has 0 aliphatic rings. The van der Waals surface area contributed by atoms with Crippen LogP contribution in [-0.2, 0) is 6.54 Å². The first kappa shape index (κ1) is 9.75. The molecule has 0 fully saturated rings. The van der Waals surface area contributed by atoms with Gasteiger partial charge in [-0.3, -0.25) is 0 Å². The van der Waals surface area contributed by atoms with Crippen molar-refractivity contribution in [3.63, 3.8) is 0 Å². The van der Waals surface area contributed by atoms with Crippen molar-refractivity contribution >= 4 is 15.9 Å². The Labute approximate surface area is 82.3 Å². The van der Waals surface area contributed by atoms with Gasteiger partial charge in [0, 0.05) is 11.0 Å². The predicted molar refractivity (Wildman–Crippen MR) is 56.3 cm³/mol. The summed E-state index contributed by atoms with van der Waals surface area (Å²) >= 11 is 3.46. The number of hydrogen-bond donors (Lipinski definition) is 1. The van der Waals surface area contributed by atoms with E-state index < -0.39 is 0 Å². The Morgan fingerprint density at radius 2 is 2.17 bits per heavy atom. The van der Waals surface area contributed by atoms with Crippen molar-refractivity contribution in [1.29, 1.82) is 0 Å². The third kappa shape index (κ3) is 2.61. The van der Waals surface area contributed by atoms with E-state index >= 15 is 0 Å². The molecular formula is C10H14BrN. The van der Waals surface area contributed by atoms with Crippen LogP contribution in [0.4, 0.5) is 0 Å². The van der Waals surface area contributed by atoms with Crippen molar-refractivity contribution in [2.45, 2.75) is 20.4 Å². The average Bonchev–Trinajstić information content (AvgIpc) is 2.07. The summed E-state index contributed by atoms with van der Waals surface area (Å²) in [6.45, 7) is 6.24. The molecule has 0 saturated carbocycles. The largest absolute Gasteiger partial charge is 0.313 e. The second kappa shape index (κ2) is 4.63. The molecule has 1 N–H and O–H groups in total. The standard InChI is InChI=1S/C10H14BrN/c1-3-12-7-9-6-10(11)5-4-8(9)2/h4-6,12H,3,7H2,1-2H3. The summed E-state index contributed by atoms with van der Waals surface area (Å²) in [4.78, 5) is 0. The van der Waals surface area contributed by atoms with Crippen molar-refractivity contribution in [2.24, 2.45) is 0 Å². The van der Waals surface area contributed by atoms with Crippen LogP contribution in [-0.4, -0.2) is 6.54 Å². The van der Waals surface area contributed by atoms with Gasteiger partial charge in [0.1, 0.15) is 0 Å². The van der Waals surface area contributed by atoms with Gasteiger partial charge in [-0.15, -0.1) is 0 Å². The molecule has 0 aliphatic carbocycles. The van der Waals surface area contributed by atoms with E-state index in [9.17, 15) is 0 Å². The number of nitrogens with one attached hydrogen (secondary N) is 1. The predicted octanol–water partition coefficient (Wildman–Crippen LogP) is 2.87. The minimum absolute atomic E-state index is 0.960. The Morgan fingerprint density at radius 1 is 1.42 bits per heavy atom. The van der Waals surface area contributed by atoms with E-state index in [0.29, 0.717) is 0 Å². The average molecular weight is 228 g/mol. The Balaban J connectivity index is 2.75. The summed E-state index contributed by atoms with van der Waals surface area (Å²) in [6.07, 6.45) is 0. The zero-order valence-corrected chi connectivity index (χ0v) is 9.11. The fourth-order valence-corrected chi connectivity index (χ4v) is 1.50. The van der Waals surface area contributed by atoms with Gasteiger partial charge in [0.05, 0.1) is 0 Å². The summed E-state index contributed by atoms with van der Waals surface area (Å²) < 4.78 is 1.15. The first-order valence-electron chi connectivity index (χ1n) is 4.19. The summed E-state index contributed by atoms with van der Waals surface area (Å²) in [5, 5.41) is 3.31. The van der Waals surface area contributed by atoms with E-state index in [-0.39, 0.29) is 0 Å². The maximum Gasteiger partial charge on any atom is 0.0208 e. The molecular weight excluding hydrogens is 214 g/mol. The van der Waals surface area contributed by atoms with Crippen LogP contribution in [0.1, 0.15) is 18.1 Å². The maximum atomic E-state index is 3.46. The Kier molecular flexibility index (Phi) is 3.76. The molecule has 1 nitrogen and oxygen atoms in total. The highest BCUT2D eigenvalue weighted by Crippen LogP contribution is 2.15. The normalized spacial score (nSPS) is 10.2. The van der Waals surface area contributed by atoms with Crippen LogP contribution in [0.2, 0.25) is 0 Å². The van der Waals surface area contributed by atoms with Crippen LogP contribution in [0.15, 0.2) is 22.7 Å². The fraction of sp³-hybridized carbons (Fsp3) is 0.400. The van der Waals surface area contributed by atoms with Crippen LogP contribution in [0.5, 0.6) is 0 Å². The van der Waals surface area contributed by atoms with Gasteiger partial charge in [-0.25, -0.2) is 0 Å². The molecule has 66 valence electrons. The minimum atomic E-state index is 0.960. The summed E-state index contributed by atoms with van der Waals surface area (Å²) in [5.41, 5.74) is 2.71. The highest BCUT2D eigenvalue weighted by atomic mass is 79.9. The number of halogens is 1. The molecule has 0 bridgehead atoms. The highest BCUT2D eigenvalue weighted by molar-refractivity contribution is 9.10. The van der Waals surface area contributed by atoms with Gasteiger partial charge >= 0.3 is 0 Å². The minimum Gasteiger partial charge on any atom is -0.313 e. The lowest BCUT2D eigenvalue weighted by Crippen LogP contribution is -2.12. The van der Waals surface area contributed by atoms with Gasteiger partial charge in [-0.05, 0) is 36.7 Å². The van der Waals surface area contributed by atoms with Gasteiger partial charge in [0.15, 0.2) is 0 Å². The van der Waals surface area contributed by atoms with Gasteiger partial charge in [-0.2, -0.15) is 0 Å². The smallest absolute Gasteiger partial charge is 0.0208 e. The van der Waals surface area contributed by atoms with E-state index in [0.717, 1.165) is 17.6 Å². The summed E-state index contributed by atoms with van der Waals surface area (Å²) in [7, 11) is 0. The van der Waals surface area contributed by atoms with Crippen LogP contribution in [0, 0.1) is 6.92 Å². The fourth-order valence-electron chi connectivity index (χ4n) is 1.09. The molecule has 0 unspecified atom stereocenters. The van der Waals surface area contributed by atoms with Crippen LogP contribution in [0.3, 0.4) is 0 Å². The maximum absolute atomic E-state index is 3.46. The summed E-state index contributed by atoms with van der Waals surface area (Å²) in [6, 6.07) is 6.37. The van der Waals surface area contributed by atoms with E-state index in [4.69, 9.17) is 0 Å². The van der Waals surface area contributed by atoms with E-state index in [1.807, 2.05) is 0 Å². The number of hydrogen-bond acceptors (Lipinski definition) is 1. The molecule has 0 aliphatic heterocycles. The van der Waals surface area contributed by atoms with E-state index in [1.165, 1.54) is 11.1 Å². The molecule has 0 atom stereocenters. The summed E-state index contributed by atoms with van der Waals surface area (Å²) in [5.74, 6) is 0. The Bertz CT molecular complexity index is 258. The molecule has 0 amide bonds. The van der Waals surface area contributed by atoms with Crippen molar-refractivity contribution in [1.82, 2.24) is 5.32 Å². The number of rotatable bonds is 3. The first-order valence-corrected chi connectivity index (χ1v) is 4.99. The Hall–Kier alpha value is -0.340. The molecule has 2 heteroatoms. The quantitative estimate of drug-likeness (QED) is 0.838. The SMILES string of the molecule is CCNCc1cc(Br)ccc1C. The second-order valence-electron chi connectivity index (χ2n) is 2.85. The number of aryl methyl sites for hydroxylation is 1. The lowest BCUT2D eigenvalue weighted by atomic mass is 10.1. The van der Waals surface area contributed by atoms with E-state index in [1.54, 1.807) is 0 Å². The van der Waals surface area contributed by atoms with E-state index in [2.05, 4.69) is 53.3 Å². The number of benzene rings is 1. The zero-order valence-electron chi connectivity index (χ0n) is 7.52. The lowest BCUT2D eigenvalue weighted by Gasteiger charge is -2.06. The Morgan fingerprint density at radius 3 is 2.83 bits per heavy atom. The first-order chi connectivity index (χ1) is 5.74. The van der Waals surface area contributed by atoms with Crippen molar-refractivity contribution in [3.8, 4) is 0 Å². The zero-order chi connectivity index (χ0) is 8.97.